The van der Waals surface area contributed by atoms with Gasteiger partial charge in [0.1, 0.15) is 5.75 Å². The van der Waals surface area contributed by atoms with Gasteiger partial charge in [-0.05, 0) is 44.5 Å². The summed E-state index contributed by atoms with van der Waals surface area (Å²) < 4.78 is 9.61. The molecule has 0 radical (unpaired) electrons. The lowest BCUT2D eigenvalue weighted by molar-refractivity contribution is 0.412. The normalized spacial score (nSPS) is 10.7. The molecule has 4 nitrogen and oxygen atoms in total. The minimum absolute atomic E-state index is 0.364. The van der Waals surface area contributed by atoms with Crippen LogP contribution in [-0.4, -0.2) is 22.5 Å². The average molecular weight is 263 g/mol. The van der Waals surface area contributed by atoms with E-state index in [0.717, 1.165) is 27.8 Å². The van der Waals surface area contributed by atoms with Crippen LogP contribution in [0.15, 0.2) is 18.2 Å². The fourth-order valence-electron chi connectivity index (χ4n) is 1.66. The molecule has 0 aliphatic carbocycles. The predicted octanol–water partition coefficient (Wildman–Crippen LogP) is 3.34. The van der Waals surface area contributed by atoms with Crippen molar-refractivity contribution in [2.45, 2.75) is 26.8 Å². The molecule has 0 aliphatic rings. The van der Waals surface area contributed by atoms with Crippen LogP contribution in [0.25, 0.3) is 11.4 Å². The Kier molecular flexibility index (Phi) is 3.81. The molecule has 0 atom stereocenters. The molecule has 96 valence electrons. The number of methoxy groups -OCH3 is 1. The number of nitrogens with one attached hydrogen (secondary N) is 1. The van der Waals surface area contributed by atoms with Gasteiger partial charge in [0.25, 0.3) is 0 Å². The van der Waals surface area contributed by atoms with E-state index >= 15 is 0 Å². The molecule has 2 aromatic rings. The van der Waals surface area contributed by atoms with Crippen LogP contribution < -0.4 is 10.1 Å². The number of nitrogens with zero attached hydrogens (tertiary/aromatic N) is 2. The van der Waals surface area contributed by atoms with Crippen LogP contribution in [0.1, 0.15) is 19.4 Å². The number of benzene rings is 1. The second kappa shape index (κ2) is 5.35. The van der Waals surface area contributed by atoms with Gasteiger partial charge in [-0.2, -0.15) is 9.36 Å². The fourth-order valence-corrected chi connectivity index (χ4v) is 2.40. The summed E-state index contributed by atoms with van der Waals surface area (Å²) in [5.74, 6) is 1.64. The van der Waals surface area contributed by atoms with Gasteiger partial charge >= 0.3 is 0 Å². The van der Waals surface area contributed by atoms with Crippen molar-refractivity contribution < 1.29 is 4.74 Å². The highest BCUT2D eigenvalue weighted by Gasteiger charge is 2.09. The van der Waals surface area contributed by atoms with Crippen LogP contribution in [-0.2, 0) is 0 Å². The van der Waals surface area contributed by atoms with Gasteiger partial charge in [-0.3, -0.25) is 0 Å². The molecule has 0 saturated carbocycles. The fraction of sp³-hybridized carbons (Fsp3) is 0.385. The smallest absolute Gasteiger partial charge is 0.203 e. The van der Waals surface area contributed by atoms with E-state index in [2.05, 4.69) is 28.5 Å². The third-order valence-electron chi connectivity index (χ3n) is 2.49. The second-order valence-corrected chi connectivity index (χ2v) is 5.16. The molecule has 18 heavy (non-hydrogen) atoms. The lowest BCUT2D eigenvalue weighted by atomic mass is 10.1. The Morgan fingerprint density at radius 3 is 2.72 bits per heavy atom. The third kappa shape index (κ3) is 2.79. The molecule has 2 rings (SSSR count). The first-order chi connectivity index (χ1) is 8.60. The van der Waals surface area contributed by atoms with Crippen LogP contribution in [0.3, 0.4) is 0 Å². The number of aryl methyl sites for hydroxylation is 1. The zero-order chi connectivity index (χ0) is 13.1. The molecule has 1 heterocycles. The standard InChI is InChI=1S/C13H17N3OS/c1-8(2)14-13-15-12(16-18-13)10-5-6-11(17-4)9(3)7-10/h5-8H,1-4H3,(H,14,15,16). The van der Waals surface area contributed by atoms with Gasteiger partial charge in [0.15, 0.2) is 5.82 Å². The summed E-state index contributed by atoms with van der Waals surface area (Å²) in [5.41, 5.74) is 2.10. The molecule has 5 heteroatoms. The highest BCUT2D eigenvalue weighted by molar-refractivity contribution is 7.09. The summed E-state index contributed by atoms with van der Waals surface area (Å²) in [5, 5.41) is 4.11. The largest absolute Gasteiger partial charge is 0.496 e. The summed E-state index contributed by atoms with van der Waals surface area (Å²) >= 11 is 1.39. The van der Waals surface area contributed by atoms with Gasteiger partial charge in [-0.1, -0.05) is 0 Å². The first-order valence-corrected chi connectivity index (χ1v) is 6.62. The zero-order valence-corrected chi connectivity index (χ0v) is 11.8. The molecule has 1 aromatic heterocycles. The Hall–Kier alpha value is -1.62. The van der Waals surface area contributed by atoms with Crippen LogP contribution in [0.4, 0.5) is 5.13 Å². The predicted molar refractivity (Wildman–Crippen MR) is 75.4 cm³/mol. The van der Waals surface area contributed by atoms with Crippen LogP contribution in [0.5, 0.6) is 5.75 Å². The Bertz CT molecular complexity index is 537. The number of aromatic nitrogens is 2. The maximum atomic E-state index is 5.24. The average Bonchev–Trinajstić information content (AvgIpc) is 2.76. The lowest BCUT2D eigenvalue weighted by Crippen LogP contribution is -2.08. The maximum absolute atomic E-state index is 5.24. The highest BCUT2D eigenvalue weighted by atomic mass is 32.1. The number of hydrogen-bond donors (Lipinski definition) is 1. The molecule has 0 amide bonds. The van der Waals surface area contributed by atoms with Gasteiger partial charge < -0.3 is 10.1 Å². The van der Waals surface area contributed by atoms with E-state index in [0.29, 0.717) is 6.04 Å². The van der Waals surface area contributed by atoms with Gasteiger partial charge in [0.2, 0.25) is 5.13 Å². The van der Waals surface area contributed by atoms with E-state index in [1.165, 1.54) is 11.5 Å². The van der Waals surface area contributed by atoms with E-state index in [9.17, 15) is 0 Å². The summed E-state index contributed by atoms with van der Waals surface area (Å²) in [6, 6.07) is 6.33. The molecule has 0 fully saturated rings. The van der Waals surface area contributed by atoms with Gasteiger partial charge in [-0.25, -0.2) is 0 Å². The Morgan fingerprint density at radius 1 is 1.33 bits per heavy atom. The molecular formula is C13H17N3OS. The summed E-state index contributed by atoms with van der Waals surface area (Å²) in [7, 11) is 1.67. The van der Waals surface area contributed by atoms with Crippen molar-refractivity contribution in [3.05, 3.63) is 23.8 Å². The van der Waals surface area contributed by atoms with Crippen LogP contribution in [0, 0.1) is 6.92 Å². The molecule has 0 spiro atoms. The van der Waals surface area contributed by atoms with Gasteiger partial charge in [0.05, 0.1) is 7.11 Å². The van der Waals surface area contributed by atoms with Crippen molar-refractivity contribution in [3.8, 4) is 17.1 Å². The molecule has 0 unspecified atom stereocenters. The van der Waals surface area contributed by atoms with E-state index in [4.69, 9.17) is 4.74 Å². The van der Waals surface area contributed by atoms with Crippen molar-refractivity contribution >= 4 is 16.7 Å². The maximum Gasteiger partial charge on any atom is 0.203 e. The number of ether oxygens (including phenoxy) is 1. The molecule has 1 aromatic carbocycles. The monoisotopic (exact) mass is 263 g/mol. The molecule has 0 saturated heterocycles. The molecule has 0 bridgehead atoms. The molecule has 0 aliphatic heterocycles. The Labute approximate surface area is 111 Å². The summed E-state index contributed by atoms with van der Waals surface area (Å²) in [6.45, 7) is 6.18. The third-order valence-corrected chi connectivity index (χ3v) is 3.14. The quantitative estimate of drug-likeness (QED) is 0.919. The molecular weight excluding hydrogens is 246 g/mol. The topological polar surface area (TPSA) is 47.0 Å². The minimum atomic E-state index is 0.364. The van der Waals surface area contributed by atoms with E-state index in [1.807, 2.05) is 25.1 Å². The number of rotatable bonds is 4. The van der Waals surface area contributed by atoms with Crippen molar-refractivity contribution in [3.63, 3.8) is 0 Å². The second-order valence-electron chi connectivity index (χ2n) is 4.41. The van der Waals surface area contributed by atoms with Crippen molar-refractivity contribution in [1.29, 1.82) is 0 Å². The van der Waals surface area contributed by atoms with E-state index in [1.54, 1.807) is 7.11 Å². The summed E-state index contributed by atoms with van der Waals surface area (Å²) in [4.78, 5) is 4.47. The van der Waals surface area contributed by atoms with Crippen LogP contribution in [0.2, 0.25) is 0 Å². The lowest BCUT2D eigenvalue weighted by Gasteiger charge is -2.05. The van der Waals surface area contributed by atoms with Crippen molar-refractivity contribution in [2.24, 2.45) is 0 Å². The molecule has 1 N–H and O–H groups in total. The van der Waals surface area contributed by atoms with Crippen molar-refractivity contribution in [2.75, 3.05) is 12.4 Å². The van der Waals surface area contributed by atoms with E-state index < -0.39 is 0 Å². The van der Waals surface area contributed by atoms with Gasteiger partial charge in [-0.15, -0.1) is 0 Å². The minimum Gasteiger partial charge on any atom is -0.496 e. The first-order valence-electron chi connectivity index (χ1n) is 5.85. The number of hydrogen-bond acceptors (Lipinski definition) is 5. The Morgan fingerprint density at radius 2 is 2.11 bits per heavy atom. The van der Waals surface area contributed by atoms with Crippen molar-refractivity contribution in [1.82, 2.24) is 9.36 Å². The highest BCUT2D eigenvalue weighted by Crippen LogP contribution is 2.26. The zero-order valence-electron chi connectivity index (χ0n) is 11.0. The first kappa shape index (κ1) is 12.8. The number of anilines is 1. The van der Waals surface area contributed by atoms with Gasteiger partial charge in [0, 0.05) is 23.1 Å². The van der Waals surface area contributed by atoms with Crippen LogP contribution >= 0.6 is 11.5 Å². The summed E-state index contributed by atoms with van der Waals surface area (Å²) in [6.07, 6.45) is 0. The SMILES string of the molecule is COc1ccc(-c2nsc(NC(C)C)n2)cc1C. The Balaban J connectivity index is 2.26. The van der Waals surface area contributed by atoms with E-state index in [-0.39, 0.29) is 0 Å².